The smallest absolute Gasteiger partial charge is 0.358 e. The fourth-order valence-corrected chi connectivity index (χ4v) is 1.50. The molecule has 1 aromatic heterocycles. The van der Waals surface area contributed by atoms with E-state index in [1.165, 1.54) is 6.07 Å². The van der Waals surface area contributed by atoms with Gasteiger partial charge in [0.05, 0.1) is 23.4 Å². The Kier molecular flexibility index (Phi) is 4.22. The van der Waals surface area contributed by atoms with E-state index in [-0.39, 0.29) is 11.4 Å². The van der Waals surface area contributed by atoms with Crippen molar-refractivity contribution in [2.75, 3.05) is 6.54 Å². The molecule has 0 saturated heterocycles. The van der Waals surface area contributed by atoms with E-state index in [0.717, 1.165) is 18.7 Å². The molecular weight excluding hydrogens is 220 g/mol. The molecule has 1 rings (SSSR count). The van der Waals surface area contributed by atoms with Crippen molar-refractivity contribution in [1.29, 1.82) is 0 Å². The average Bonchev–Trinajstić information content (AvgIpc) is 2.54. The molecule has 0 saturated carbocycles. The summed E-state index contributed by atoms with van der Waals surface area (Å²) in [6, 6.07) is 1.50. The van der Waals surface area contributed by atoms with Crippen LogP contribution in [0.2, 0.25) is 0 Å². The number of hydrogen-bond donors (Lipinski definition) is 1. The molecule has 0 bridgehead atoms. The number of nitro groups is 1. The summed E-state index contributed by atoms with van der Waals surface area (Å²) in [4.78, 5) is 10.1. The summed E-state index contributed by atoms with van der Waals surface area (Å²) in [5, 5.41) is 17.8. The highest BCUT2D eigenvalue weighted by Crippen LogP contribution is 2.11. The fourth-order valence-electron chi connectivity index (χ4n) is 1.50. The van der Waals surface area contributed by atoms with Gasteiger partial charge in [-0.05, 0) is 45.6 Å². The lowest BCUT2D eigenvalue weighted by Crippen LogP contribution is -2.36. The highest BCUT2D eigenvalue weighted by Gasteiger charge is 2.15. The van der Waals surface area contributed by atoms with E-state index in [4.69, 9.17) is 0 Å². The van der Waals surface area contributed by atoms with Crippen molar-refractivity contribution in [3.05, 3.63) is 21.9 Å². The van der Waals surface area contributed by atoms with Gasteiger partial charge in [0.15, 0.2) is 0 Å². The molecule has 0 aliphatic carbocycles. The van der Waals surface area contributed by atoms with Gasteiger partial charge in [0.25, 0.3) is 0 Å². The molecule has 0 aliphatic rings. The Morgan fingerprint density at radius 1 is 1.53 bits per heavy atom. The van der Waals surface area contributed by atoms with Crippen LogP contribution in [0.15, 0.2) is 6.07 Å². The van der Waals surface area contributed by atoms with Crippen LogP contribution in [0, 0.1) is 17.0 Å². The molecule has 1 heterocycles. The molecule has 0 aliphatic heterocycles. The van der Waals surface area contributed by atoms with Gasteiger partial charge in [-0.25, -0.2) is 0 Å². The Balaban J connectivity index is 2.44. The Bertz CT molecular complexity index is 393. The van der Waals surface area contributed by atoms with Crippen LogP contribution in [-0.4, -0.2) is 26.8 Å². The highest BCUT2D eigenvalue weighted by atomic mass is 16.6. The Morgan fingerprint density at radius 2 is 2.18 bits per heavy atom. The van der Waals surface area contributed by atoms with E-state index >= 15 is 0 Å². The number of rotatable bonds is 5. The number of aromatic nitrogens is 2. The first-order chi connectivity index (χ1) is 7.79. The Labute approximate surface area is 101 Å². The van der Waals surface area contributed by atoms with Gasteiger partial charge < -0.3 is 15.4 Å². The predicted octanol–water partition coefficient (Wildman–Crippen LogP) is 1.88. The molecule has 6 nitrogen and oxygen atoms in total. The Hall–Kier alpha value is -1.43. The van der Waals surface area contributed by atoms with Crippen molar-refractivity contribution < 1.29 is 4.92 Å². The minimum absolute atomic E-state index is 0.0775. The van der Waals surface area contributed by atoms with Crippen LogP contribution in [0.3, 0.4) is 0 Å². The SMILES string of the molecule is Cc1cc([N+](=O)[O-])nn1CCCNC(C)(C)C. The third-order valence-corrected chi connectivity index (χ3v) is 2.36. The second-order valence-corrected chi connectivity index (χ2v) is 5.15. The molecule has 17 heavy (non-hydrogen) atoms. The molecule has 0 fully saturated rings. The summed E-state index contributed by atoms with van der Waals surface area (Å²) >= 11 is 0. The predicted molar refractivity (Wildman–Crippen MR) is 66.0 cm³/mol. The molecular formula is C11H20N4O2. The van der Waals surface area contributed by atoms with Crippen LogP contribution in [-0.2, 0) is 6.54 Å². The molecule has 0 radical (unpaired) electrons. The maximum Gasteiger partial charge on any atom is 0.390 e. The van der Waals surface area contributed by atoms with Crippen LogP contribution < -0.4 is 5.32 Å². The number of aryl methyl sites for hydroxylation is 2. The molecule has 0 unspecified atom stereocenters. The van der Waals surface area contributed by atoms with Gasteiger partial charge in [0.2, 0.25) is 0 Å². The van der Waals surface area contributed by atoms with Crippen molar-refractivity contribution in [2.24, 2.45) is 0 Å². The van der Waals surface area contributed by atoms with Crippen LogP contribution in [0.25, 0.3) is 0 Å². The number of nitrogens with zero attached hydrogens (tertiary/aromatic N) is 3. The van der Waals surface area contributed by atoms with Crippen molar-refractivity contribution in [1.82, 2.24) is 15.1 Å². The molecule has 1 N–H and O–H groups in total. The molecule has 96 valence electrons. The lowest BCUT2D eigenvalue weighted by atomic mass is 10.1. The summed E-state index contributed by atoms with van der Waals surface area (Å²) in [6.07, 6.45) is 0.900. The largest absolute Gasteiger partial charge is 0.390 e. The zero-order chi connectivity index (χ0) is 13.1. The van der Waals surface area contributed by atoms with Crippen molar-refractivity contribution in [3.63, 3.8) is 0 Å². The van der Waals surface area contributed by atoms with E-state index in [1.807, 2.05) is 6.92 Å². The maximum atomic E-state index is 10.5. The second kappa shape index (κ2) is 5.27. The fraction of sp³-hybridized carbons (Fsp3) is 0.727. The van der Waals surface area contributed by atoms with Gasteiger partial charge in [-0.1, -0.05) is 0 Å². The Morgan fingerprint density at radius 3 is 2.65 bits per heavy atom. The zero-order valence-corrected chi connectivity index (χ0v) is 10.9. The maximum absolute atomic E-state index is 10.5. The summed E-state index contributed by atoms with van der Waals surface area (Å²) < 4.78 is 1.68. The van der Waals surface area contributed by atoms with Gasteiger partial charge >= 0.3 is 5.82 Å². The van der Waals surface area contributed by atoms with Crippen LogP contribution in [0.5, 0.6) is 0 Å². The molecule has 0 atom stereocenters. The molecule has 0 amide bonds. The summed E-state index contributed by atoms with van der Waals surface area (Å²) in [7, 11) is 0. The summed E-state index contributed by atoms with van der Waals surface area (Å²) in [5.74, 6) is -0.0775. The number of nitrogens with one attached hydrogen (secondary N) is 1. The highest BCUT2D eigenvalue weighted by molar-refractivity contribution is 5.20. The first kappa shape index (κ1) is 13.6. The lowest BCUT2D eigenvalue weighted by Gasteiger charge is -2.20. The van der Waals surface area contributed by atoms with Gasteiger partial charge in [-0.3, -0.25) is 0 Å². The first-order valence-corrected chi connectivity index (χ1v) is 5.73. The lowest BCUT2D eigenvalue weighted by molar-refractivity contribution is -0.389. The minimum atomic E-state index is -0.461. The zero-order valence-electron chi connectivity index (χ0n) is 10.9. The van der Waals surface area contributed by atoms with E-state index in [0.29, 0.717) is 6.54 Å². The van der Waals surface area contributed by atoms with Gasteiger partial charge in [-0.15, -0.1) is 0 Å². The van der Waals surface area contributed by atoms with E-state index in [9.17, 15) is 10.1 Å². The van der Waals surface area contributed by atoms with Crippen molar-refractivity contribution >= 4 is 5.82 Å². The normalized spacial score (nSPS) is 11.8. The quantitative estimate of drug-likeness (QED) is 0.484. The van der Waals surface area contributed by atoms with E-state index in [1.54, 1.807) is 4.68 Å². The average molecular weight is 240 g/mol. The number of hydrogen-bond acceptors (Lipinski definition) is 4. The standard InChI is InChI=1S/C11H20N4O2/c1-9-8-10(15(16)17)13-14(9)7-5-6-12-11(2,3)4/h8,12H,5-7H2,1-4H3. The third kappa shape index (κ3) is 4.52. The van der Waals surface area contributed by atoms with E-state index in [2.05, 4.69) is 31.2 Å². The van der Waals surface area contributed by atoms with Gasteiger partial charge in [-0.2, -0.15) is 4.68 Å². The summed E-state index contributed by atoms with van der Waals surface area (Å²) in [5.41, 5.74) is 0.929. The van der Waals surface area contributed by atoms with Crippen molar-refractivity contribution in [2.45, 2.75) is 46.2 Å². The van der Waals surface area contributed by atoms with Crippen LogP contribution in [0.1, 0.15) is 32.9 Å². The van der Waals surface area contributed by atoms with E-state index < -0.39 is 4.92 Å². The topological polar surface area (TPSA) is 73.0 Å². The van der Waals surface area contributed by atoms with Crippen LogP contribution >= 0.6 is 0 Å². The van der Waals surface area contributed by atoms with Crippen molar-refractivity contribution in [3.8, 4) is 0 Å². The molecule has 1 aromatic rings. The van der Waals surface area contributed by atoms with Gasteiger partial charge in [0, 0.05) is 5.54 Å². The molecule has 0 aromatic carbocycles. The van der Waals surface area contributed by atoms with Crippen LogP contribution in [0.4, 0.5) is 5.82 Å². The van der Waals surface area contributed by atoms with Gasteiger partial charge in [0.1, 0.15) is 0 Å². The first-order valence-electron chi connectivity index (χ1n) is 5.73. The minimum Gasteiger partial charge on any atom is -0.358 e. The second-order valence-electron chi connectivity index (χ2n) is 5.15. The third-order valence-electron chi connectivity index (χ3n) is 2.36. The monoisotopic (exact) mass is 240 g/mol. The molecule has 0 spiro atoms. The molecule has 6 heteroatoms. The summed E-state index contributed by atoms with van der Waals surface area (Å²) in [6.45, 7) is 9.72.